The van der Waals surface area contributed by atoms with Crippen LogP contribution in [0.15, 0.2) is 83.4 Å². The van der Waals surface area contributed by atoms with E-state index in [4.69, 9.17) is 5.10 Å². The summed E-state index contributed by atoms with van der Waals surface area (Å²) >= 11 is 1.82. The number of thioether (sulfide) groups is 1. The molecule has 7 heteroatoms. The number of benzene rings is 2. The molecule has 0 unspecified atom stereocenters. The van der Waals surface area contributed by atoms with Crippen molar-refractivity contribution in [2.45, 2.75) is 11.8 Å². The minimum atomic E-state index is 0.878. The number of hydrogen-bond donors (Lipinski definition) is 0. The molecule has 0 fully saturated rings. The van der Waals surface area contributed by atoms with Gasteiger partial charge in [0.05, 0.1) is 11.9 Å². The number of rotatable bonds is 6. The molecule has 4 rings (SSSR count). The van der Waals surface area contributed by atoms with Crippen LogP contribution < -0.4 is 0 Å². The van der Waals surface area contributed by atoms with Crippen molar-refractivity contribution in [2.75, 3.05) is 5.75 Å². The SMILES string of the molecule is CCSc1ccc(-c2nn(-c3ccccc3)cc2/C=N\n2cnnc2)cc1. The van der Waals surface area contributed by atoms with Gasteiger partial charge in [-0.1, -0.05) is 37.3 Å². The largest absolute Gasteiger partial charge is 0.240 e. The van der Waals surface area contributed by atoms with Gasteiger partial charge in [-0.15, -0.1) is 22.0 Å². The van der Waals surface area contributed by atoms with E-state index in [-0.39, 0.29) is 0 Å². The Bertz CT molecular complexity index is 1020. The summed E-state index contributed by atoms with van der Waals surface area (Å²) in [5.41, 5.74) is 3.85. The molecule has 0 saturated carbocycles. The third-order valence-electron chi connectivity index (χ3n) is 3.94. The van der Waals surface area contributed by atoms with Gasteiger partial charge in [-0.2, -0.15) is 10.2 Å². The van der Waals surface area contributed by atoms with E-state index >= 15 is 0 Å². The maximum absolute atomic E-state index is 4.80. The summed E-state index contributed by atoms with van der Waals surface area (Å²) in [7, 11) is 0. The van der Waals surface area contributed by atoms with E-state index in [0.717, 1.165) is 28.3 Å². The molecule has 2 heterocycles. The summed E-state index contributed by atoms with van der Waals surface area (Å²) in [4.78, 5) is 1.25. The number of aromatic nitrogens is 5. The molecule has 0 aliphatic heterocycles. The highest BCUT2D eigenvalue weighted by Crippen LogP contribution is 2.26. The van der Waals surface area contributed by atoms with Crippen LogP contribution in [0.3, 0.4) is 0 Å². The highest BCUT2D eigenvalue weighted by molar-refractivity contribution is 7.99. The van der Waals surface area contributed by atoms with E-state index in [0.29, 0.717) is 0 Å². The van der Waals surface area contributed by atoms with E-state index in [2.05, 4.69) is 46.5 Å². The molecule has 27 heavy (non-hydrogen) atoms. The average molecular weight is 374 g/mol. The maximum Gasteiger partial charge on any atom is 0.141 e. The third kappa shape index (κ3) is 3.98. The van der Waals surface area contributed by atoms with Gasteiger partial charge in [-0.25, -0.2) is 9.36 Å². The second kappa shape index (κ2) is 8.01. The molecule has 0 bridgehead atoms. The maximum atomic E-state index is 4.80. The van der Waals surface area contributed by atoms with Crippen LogP contribution in [0.4, 0.5) is 0 Å². The summed E-state index contributed by atoms with van der Waals surface area (Å²) in [5.74, 6) is 1.05. The first-order chi connectivity index (χ1) is 13.3. The lowest BCUT2D eigenvalue weighted by Gasteiger charge is -2.02. The Morgan fingerprint density at radius 3 is 2.44 bits per heavy atom. The Balaban J connectivity index is 1.74. The molecule has 2 aromatic heterocycles. The van der Waals surface area contributed by atoms with Crippen LogP contribution in [0, 0.1) is 0 Å². The van der Waals surface area contributed by atoms with Crippen LogP contribution in [-0.2, 0) is 0 Å². The molecule has 2 aromatic carbocycles. The molecule has 0 saturated heterocycles. The quantitative estimate of drug-likeness (QED) is 0.376. The molecular weight excluding hydrogens is 356 g/mol. The normalized spacial score (nSPS) is 11.3. The summed E-state index contributed by atoms with van der Waals surface area (Å²) in [6, 6.07) is 18.5. The van der Waals surface area contributed by atoms with Crippen molar-refractivity contribution in [3.8, 4) is 16.9 Å². The van der Waals surface area contributed by atoms with Crippen LogP contribution in [0.25, 0.3) is 16.9 Å². The van der Waals surface area contributed by atoms with Gasteiger partial charge >= 0.3 is 0 Å². The minimum Gasteiger partial charge on any atom is -0.240 e. The van der Waals surface area contributed by atoms with Crippen LogP contribution in [0.2, 0.25) is 0 Å². The monoisotopic (exact) mass is 374 g/mol. The van der Waals surface area contributed by atoms with Crippen molar-refractivity contribution in [3.05, 3.63) is 79.0 Å². The van der Waals surface area contributed by atoms with Crippen molar-refractivity contribution in [3.63, 3.8) is 0 Å². The van der Waals surface area contributed by atoms with E-state index in [1.807, 2.05) is 53.0 Å². The van der Waals surface area contributed by atoms with Crippen molar-refractivity contribution in [1.82, 2.24) is 24.7 Å². The molecule has 0 radical (unpaired) electrons. The standard InChI is InChI=1S/C20H18N6S/c1-2-27-19-10-8-16(9-11-19)20-17(12-23-25-14-21-22-15-25)13-26(24-20)18-6-4-3-5-7-18/h3-15H,2H2,1H3/b23-12-. The fraction of sp³-hybridized carbons (Fsp3) is 0.100. The molecule has 6 nitrogen and oxygen atoms in total. The lowest BCUT2D eigenvalue weighted by molar-refractivity contribution is 0.877. The Labute approximate surface area is 161 Å². The van der Waals surface area contributed by atoms with E-state index in [9.17, 15) is 0 Å². The smallest absolute Gasteiger partial charge is 0.141 e. The molecule has 134 valence electrons. The second-order valence-electron chi connectivity index (χ2n) is 5.76. The average Bonchev–Trinajstić information content (AvgIpc) is 3.38. The second-order valence-corrected chi connectivity index (χ2v) is 7.09. The van der Waals surface area contributed by atoms with Gasteiger partial charge in [0.2, 0.25) is 0 Å². The van der Waals surface area contributed by atoms with Gasteiger partial charge in [0.25, 0.3) is 0 Å². The molecule has 0 aliphatic rings. The first-order valence-corrected chi connectivity index (χ1v) is 9.59. The number of para-hydroxylation sites is 1. The first kappa shape index (κ1) is 17.2. The lowest BCUT2D eigenvalue weighted by Crippen LogP contribution is -1.93. The number of hydrogen-bond acceptors (Lipinski definition) is 5. The lowest BCUT2D eigenvalue weighted by atomic mass is 10.1. The molecule has 0 aliphatic carbocycles. The zero-order valence-corrected chi connectivity index (χ0v) is 15.6. The van der Waals surface area contributed by atoms with Crippen LogP contribution in [0.1, 0.15) is 12.5 Å². The Kier molecular flexibility index (Phi) is 5.11. The van der Waals surface area contributed by atoms with Gasteiger partial charge in [-0.05, 0) is 30.0 Å². The van der Waals surface area contributed by atoms with Gasteiger partial charge in [0.15, 0.2) is 0 Å². The van der Waals surface area contributed by atoms with Crippen molar-refractivity contribution >= 4 is 18.0 Å². The highest BCUT2D eigenvalue weighted by Gasteiger charge is 2.11. The van der Waals surface area contributed by atoms with E-state index < -0.39 is 0 Å². The molecular formula is C20H18N6S. The van der Waals surface area contributed by atoms with Crippen molar-refractivity contribution in [1.29, 1.82) is 0 Å². The topological polar surface area (TPSA) is 60.9 Å². The van der Waals surface area contributed by atoms with Gasteiger partial charge in [-0.3, -0.25) is 0 Å². The van der Waals surface area contributed by atoms with Gasteiger partial charge in [0.1, 0.15) is 18.3 Å². The Morgan fingerprint density at radius 2 is 1.74 bits per heavy atom. The predicted molar refractivity (Wildman–Crippen MR) is 108 cm³/mol. The fourth-order valence-electron chi connectivity index (χ4n) is 2.68. The van der Waals surface area contributed by atoms with Crippen LogP contribution in [0.5, 0.6) is 0 Å². The Morgan fingerprint density at radius 1 is 1.00 bits per heavy atom. The molecule has 0 spiro atoms. The van der Waals surface area contributed by atoms with Gasteiger partial charge in [0, 0.05) is 22.2 Å². The van der Waals surface area contributed by atoms with Crippen LogP contribution >= 0.6 is 11.8 Å². The zero-order valence-electron chi connectivity index (χ0n) is 14.8. The molecule has 0 atom stereocenters. The fourth-order valence-corrected chi connectivity index (χ4v) is 3.34. The zero-order chi connectivity index (χ0) is 18.5. The summed E-state index contributed by atoms with van der Waals surface area (Å²) < 4.78 is 3.43. The summed E-state index contributed by atoms with van der Waals surface area (Å²) in [6.45, 7) is 2.15. The third-order valence-corrected chi connectivity index (χ3v) is 4.83. The van der Waals surface area contributed by atoms with Crippen molar-refractivity contribution in [2.24, 2.45) is 5.10 Å². The molecule has 0 N–H and O–H groups in total. The number of nitrogens with zero attached hydrogens (tertiary/aromatic N) is 6. The first-order valence-electron chi connectivity index (χ1n) is 8.61. The Hall–Kier alpha value is -3.19. The highest BCUT2D eigenvalue weighted by atomic mass is 32.2. The predicted octanol–water partition coefficient (Wildman–Crippen LogP) is 4.13. The van der Waals surface area contributed by atoms with E-state index in [1.165, 1.54) is 4.90 Å². The van der Waals surface area contributed by atoms with Crippen LogP contribution in [-0.4, -0.2) is 36.6 Å². The molecule has 0 amide bonds. The van der Waals surface area contributed by atoms with E-state index in [1.54, 1.807) is 23.5 Å². The minimum absolute atomic E-state index is 0.878. The summed E-state index contributed by atoms with van der Waals surface area (Å²) in [6.07, 6.45) is 6.86. The van der Waals surface area contributed by atoms with Gasteiger partial charge < -0.3 is 0 Å². The van der Waals surface area contributed by atoms with Crippen molar-refractivity contribution < 1.29 is 0 Å². The molecule has 4 aromatic rings. The summed E-state index contributed by atoms with van der Waals surface area (Å²) in [5, 5.41) is 16.7.